The first-order chi connectivity index (χ1) is 10.3. The molecule has 3 fully saturated rings. The third kappa shape index (κ3) is 2.32. The van der Waals surface area contributed by atoms with Gasteiger partial charge in [0.15, 0.2) is 5.25 Å². The average molecular weight is 330 g/mol. The van der Waals surface area contributed by atoms with Crippen LogP contribution in [0.3, 0.4) is 0 Å². The lowest BCUT2D eigenvalue weighted by atomic mass is 9.84. The Kier molecular flexibility index (Phi) is 3.92. The van der Waals surface area contributed by atoms with Crippen molar-refractivity contribution in [3.05, 3.63) is 0 Å². The molecular formula is C14H22N2O5S. The van der Waals surface area contributed by atoms with Crippen LogP contribution >= 0.6 is 0 Å². The van der Waals surface area contributed by atoms with Gasteiger partial charge in [-0.05, 0) is 31.6 Å². The van der Waals surface area contributed by atoms with Crippen LogP contribution in [0, 0.1) is 5.92 Å². The first-order valence-electron chi connectivity index (χ1n) is 7.84. The number of amides is 1. The fourth-order valence-corrected chi connectivity index (χ4v) is 5.78. The Morgan fingerprint density at radius 2 is 1.82 bits per heavy atom. The Bertz CT molecular complexity index is 590. The number of hydrogen-bond donors (Lipinski definition) is 1. The number of rotatable bonds is 2. The molecule has 2 heterocycles. The van der Waals surface area contributed by atoms with Crippen molar-refractivity contribution in [3.63, 3.8) is 0 Å². The third-order valence-corrected chi connectivity index (χ3v) is 7.61. The van der Waals surface area contributed by atoms with Crippen LogP contribution in [-0.2, 0) is 19.6 Å². The summed E-state index contributed by atoms with van der Waals surface area (Å²) < 4.78 is 25.7. The van der Waals surface area contributed by atoms with Gasteiger partial charge in [-0.2, -0.15) is 0 Å². The Morgan fingerprint density at radius 1 is 1.14 bits per heavy atom. The molecular weight excluding hydrogens is 308 g/mol. The molecule has 4 unspecified atom stereocenters. The number of nitrogens with zero attached hydrogens (tertiary/aromatic N) is 2. The van der Waals surface area contributed by atoms with Crippen LogP contribution in [0.4, 0.5) is 0 Å². The van der Waals surface area contributed by atoms with E-state index in [9.17, 15) is 23.1 Å². The van der Waals surface area contributed by atoms with Crippen molar-refractivity contribution in [3.8, 4) is 0 Å². The standard InChI is InChI=1S/C14H22N2O5S/c1-15-7-6-12(22(15,20)21)13(17)16-10-5-3-2-4-9(10)8-11(16)14(18)19/h9-12H,2-8H2,1H3,(H,18,19). The summed E-state index contributed by atoms with van der Waals surface area (Å²) in [5.41, 5.74) is 0. The highest BCUT2D eigenvalue weighted by atomic mass is 32.2. The Hall–Kier alpha value is -1.15. The van der Waals surface area contributed by atoms with E-state index >= 15 is 0 Å². The SMILES string of the molecule is CN1CCC(C(=O)N2C(C(=O)O)CC3CCCCC32)S1(=O)=O. The number of fused-ring (bicyclic) bond motifs is 1. The number of carbonyl (C=O) groups is 2. The lowest BCUT2D eigenvalue weighted by molar-refractivity contribution is -0.149. The Morgan fingerprint density at radius 3 is 2.41 bits per heavy atom. The van der Waals surface area contributed by atoms with Gasteiger partial charge in [0.25, 0.3) is 0 Å². The van der Waals surface area contributed by atoms with Gasteiger partial charge >= 0.3 is 5.97 Å². The van der Waals surface area contributed by atoms with Crippen molar-refractivity contribution in [2.24, 2.45) is 5.92 Å². The van der Waals surface area contributed by atoms with E-state index < -0.39 is 33.2 Å². The second kappa shape index (κ2) is 5.49. The summed E-state index contributed by atoms with van der Waals surface area (Å²) >= 11 is 0. The molecule has 0 aromatic carbocycles. The van der Waals surface area contributed by atoms with Crippen LogP contribution in [-0.4, -0.2) is 65.5 Å². The zero-order chi connectivity index (χ0) is 16.1. The molecule has 4 atom stereocenters. The van der Waals surface area contributed by atoms with Crippen molar-refractivity contribution in [1.82, 2.24) is 9.21 Å². The number of carboxylic acid groups (broad SMARTS) is 1. The predicted molar refractivity (Wildman–Crippen MR) is 78.6 cm³/mol. The molecule has 0 bridgehead atoms. The molecule has 1 amide bonds. The highest BCUT2D eigenvalue weighted by Crippen LogP contribution is 2.41. The molecule has 0 aromatic rings. The zero-order valence-electron chi connectivity index (χ0n) is 12.6. The van der Waals surface area contributed by atoms with Crippen LogP contribution in [0.2, 0.25) is 0 Å². The quantitative estimate of drug-likeness (QED) is 0.784. The summed E-state index contributed by atoms with van der Waals surface area (Å²) in [7, 11) is -2.18. The van der Waals surface area contributed by atoms with E-state index in [-0.39, 0.29) is 18.4 Å². The fourth-order valence-electron chi connectivity index (χ4n) is 4.21. The fraction of sp³-hybridized carbons (Fsp3) is 0.857. The van der Waals surface area contributed by atoms with Gasteiger partial charge in [-0.1, -0.05) is 12.8 Å². The number of sulfonamides is 1. The molecule has 0 spiro atoms. The molecule has 8 heteroatoms. The van der Waals surface area contributed by atoms with E-state index in [1.807, 2.05) is 0 Å². The monoisotopic (exact) mass is 330 g/mol. The summed E-state index contributed by atoms with van der Waals surface area (Å²) in [6, 6.07) is -0.981. The number of carboxylic acids is 1. The van der Waals surface area contributed by atoms with Crippen LogP contribution in [0.1, 0.15) is 38.5 Å². The first kappa shape index (κ1) is 15.7. The summed E-state index contributed by atoms with van der Waals surface area (Å²) in [6.45, 7) is 0.318. The molecule has 0 radical (unpaired) electrons. The van der Waals surface area contributed by atoms with Crippen molar-refractivity contribution < 1.29 is 23.1 Å². The maximum absolute atomic E-state index is 12.8. The van der Waals surface area contributed by atoms with Crippen LogP contribution in [0.25, 0.3) is 0 Å². The van der Waals surface area contributed by atoms with E-state index in [0.29, 0.717) is 13.0 Å². The van der Waals surface area contributed by atoms with Crippen LogP contribution < -0.4 is 0 Å². The summed E-state index contributed by atoms with van der Waals surface area (Å²) in [5, 5.41) is 8.34. The highest BCUT2D eigenvalue weighted by molar-refractivity contribution is 7.90. The minimum absolute atomic E-state index is 0.108. The molecule has 3 rings (SSSR count). The second-order valence-corrected chi connectivity index (χ2v) is 8.81. The summed E-state index contributed by atoms with van der Waals surface area (Å²) in [6.07, 6.45) is 4.43. The highest BCUT2D eigenvalue weighted by Gasteiger charge is 2.52. The summed E-state index contributed by atoms with van der Waals surface area (Å²) in [4.78, 5) is 25.8. The smallest absolute Gasteiger partial charge is 0.326 e. The molecule has 0 aromatic heterocycles. The van der Waals surface area contributed by atoms with E-state index in [1.54, 1.807) is 0 Å². The summed E-state index contributed by atoms with van der Waals surface area (Å²) in [5.74, 6) is -1.33. The lowest BCUT2D eigenvalue weighted by Gasteiger charge is -2.34. The largest absolute Gasteiger partial charge is 0.480 e. The number of carbonyl (C=O) groups excluding carboxylic acids is 1. The Labute approximate surface area is 130 Å². The van der Waals surface area contributed by atoms with Gasteiger partial charge in [0.05, 0.1) is 0 Å². The molecule has 1 aliphatic carbocycles. The van der Waals surface area contributed by atoms with Gasteiger partial charge in [-0.15, -0.1) is 0 Å². The van der Waals surface area contributed by atoms with Gasteiger partial charge in [-0.3, -0.25) is 4.79 Å². The lowest BCUT2D eigenvalue weighted by Crippen LogP contribution is -2.51. The van der Waals surface area contributed by atoms with Crippen molar-refractivity contribution in [2.45, 2.75) is 55.9 Å². The normalized spacial score (nSPS) is 38.0. The van der Waals surface area contributed by atoms with E-state index in [2.05, 4.69) is 0 Å². The molecule has 1 N–H and O–H groups in total. The van der Waals surface area contributed by atoms with Crippen molar-refractivity contribution in [1.29, 1.82) is 0 Å². The van der Waals surface area contributed by atoms with E-state index in [1.165, 1.54) is 16.3 Å². The molecule has 124 valence electrons. The van der Waals surface area contributed by atoms with Gasteiger partial charge < -0.3 is 10.0 Å². The number of aliphatic carboxylic acids is 1. The molecule has 1 saturated carbocycles. The van der Waals surface area contributed by atoms with Crippen molar-refractivity contribution in [2.75, 3.05) is 13.6 Å². The molecule has 2 aliphatic heterocycles. The maximum Gasteiger partial charge on any atom is 0.326 e. The van der Waals surface area contributed by atoms with Crippen LogP contribution in [0.5, 0.6) is 0 Å². The van der Waals surface area contributed by atoms with E-state index in [4.69, 9.17) is 0 Å². The van der Waals surface area contributed by atoms with E-state index in [0.717, 1.165) is 25.7 Å². The minimum atomic E-state index is -3.64. The van der Waals surface area contributed by atoms with Gasteiger partial charge in [0.1, 0.15) is 6.04 Å². The molecule has 7 nitrogen and oxygen atoms in total. The molecule has 22 heavy (non-hydrogen) atoms. The first-order valence-corrected chi connectivity index (χ1v) is 9.34. The topological polar surface area (TPSA) is 95.0 Å². The van der Waals surface area contributed by atoms with Gasteiger partial charge in [-0.25, -0.2) is 17.5 Å². The average Bonchev–Trinajstić information content (AvgIpc) is 2.97. The van der Waals surface area contributed by atoms with Gasteiger partial charge in [0, 0.05) is 19.6 Å². The zero-order valence-corrected chi connectivity index (χ0v) is 13.5. The van der Waals surface area contributed by atoms with Gasteiger partial charge in [0.2, 0.25) is 15.9 Å². The number of hydrogen-bond acceptors (Lipinski definition) is 4. The van der Waals surface area contributed by atoms with Crippen LogP contribution in [0.15, 0.2) is 0 Å². The third-order valence-electron chi connectivity index (χ3n) is 5.40. The molecule has 3 aliphatic rings. The number of likely N-dealkylation sites (tertiary alicyclic amines) is 1. The minimum Gasteiger partial charge on any atom is -0.480 e. The maximum atomic E-state index is 12.8. The Balaban J connectivity index is 1.90. The molecule has 2 saturated heterocycles. The predicted octanol–water partition coefficient (Wildman–Crippen LogP) is 0.265. The van der Waals surface area contributed by atoms with Crippen molar-refractivity contribution >= 4 is 21.9 Å². The second-order valence-electron chi connectivity index (χ2n) is 6.59.